The van der Waals surface area contributed by atoms with E-state index < -0.39 is 6.61 Å². The van der Waals surface area contributed by atoms with Gasteiger partial charge in [-0.1, -0.05) is 36.4 Å². The first-order chi connectivity index (χ1) is 12.6. The van der Waals surface area contributed by atoms with Crippen LogP contribution >= 0.6 is 23.7 Å². The molecule has 0 saturated carbocycles. The smallest absolute Gasteiger partial charge is 0.387 e. The maximum Gasteiger partial charge on any atom is 0.387 e. The van der Waals surface area contributed by atoms with E-state index in [0.717, 1.165) is 16.3 Å². The van der Waals surface area contributed by atoms with Gasteiger partial charge < -0.3 is 15.0 Å². The van der Waals surface area contributed by atoms with Crippen LogP contribution in [0.3, 0.4) is 0 Å². The zero-order chi connectivity index (χ0) is 18.5. The number of thiophene rings is 1. The molecule has 0 aliphatic rings. The molecule has 3 nitrogen and oxygen atoms in total. The maximum absolute atomic E-state index is 12.8. The zero-order valence-corrected chi connectivity index (χ0v) is 16.8. The van der Waals surface area contributed by atoms with Gasteiger partial charge in [-0.2, -0.15) is 8.78 Å². The lowest BCUT2D eigenvalue weighted by Crippen LogP contribution is -2.30. The van der Waals surface area contributed by atoms with E-state index in [1.54, 1.807) is 17.4 Å². The molecule has 1 unspecified atom stereocenters. The zero-order valence-electron chi connectivity index (χ0n) is 15.2. The number of nitrogens with one attached hydrogen (secondary N) is 1. The third-order valence-corrected chi connectivity index (χ3v) is 5.32. The SMILES string of the molecule is CN(C)C(CNCc1c(OC(F)F)ccc2ccccc12)c1cccs1.Cl. The lowest BCUT2D eigenvalue weighted by molar-refractivity contribution is -0.0503. The van der Waals surface area contributed by atoms with Gasteiger partial charge in [-0.3, -0.25) is 0 Å². The summed E-state index contributed by atoms with van der Waals surface area (Å²) in [6, 6.07) is 15.6. The minimum absolute atomic E-state index is 0. The van der Waals surface area contributed by atoms with Crippen molar-refractivity contribution in [3.05, 3.63) is 64.4 Å². The molecule has 0 radical (unpaired) electrons. The molecule has 3 rings (SSSR count). The van der Waals surface area contributed by atoms with Crippen LogP contribution in [0.1, 0.15) is 16.5 Å². The fourth-order valence-electron chi connectivity index (χ4n) is 3.06. The molecule has 7 heteroatoms. The van der Waals surface area contributed by atoms with Crippen LogP contribution in [0, 0.1) is 0 Å². The molecule has 3 aromatic rings. The summed E-state index contributed by atoms with van der Waals surface area (Å²) in [7, 11) is 4.07. The Morgan fingerprint density at radius 1 is 1.07 bits per heavy atom. The molecule has 0 saturated heterocycles. The van der Waals surface area contributed by atoms with E-state index >= 15 is 0 Å². The van der Waals surface area contributed by atoms with Crippen LogP contribution in [0.25, 0.3) is 10.8 Å². The van der Waals surface area contributed by atoms with Crippen LogP contribution < -0.4 is 10.1 Å². The Bertz CT molecular complexity index is 843. The van der Waals surface area contributed by atoms with Gasteiger partial charge >= 0.3 is 6.61 Å². The summed E-state index contributed by atoms with van der Waals surface area (Å²) >= 11 is 1.71. The van der Waals surface area contributed by atoms with E-state index in [9.17, 15) is 8.78 Å². The molecule has 0 bridgehead atoms. The van der Waals surface area contributed by atoms with Gasteiger partial charge in [0.05, 0.1) is 6.04 Å². The summed E-state index contributed by atoms with van der Waals surface area (Å²) in [5.41, 5.74) is 0.757. The van der Waals surface area contributed by atoms with Crippen LogP contribution in [0.15, 0.2) is 53.9 Å². The molecule has 27 heavy (non-hydrogen) atoms. The molecule has 0 aliphatic carbocycles. The number of hydrogen-bond donors (Lipinski definition) is 1. The van der Waals surface area contributed by atoms with Crippen molar-refractivity contribution in [1.29, 1.82) is 0 Å². The summed E-state index contributed by atoms with van der Waals surface area (Å²) < 4.78 is 30.3. The largest absolute Gasteiger partial charge is 0.434 e. The Morgan fingerprint density at radius 3 is 2.52 bits per heavy atom. The first-order valence-corrected chi connectivity index (χ1v) is 9.30. The van der Waals surface area contributed by atoms with E-state index in [4.69, 9.17) is 4.74 Å². The summed E-state index contributed by atoms with van der Waals surface area (Å²) in [6.45, 7) is -1.67. The molecular weight excluding hydrogens is 390 g/mol. The van der Waals surface area contributed by atoms with Gasteiger partial charge in [-0.15, -0.1) is 23.7 Å². The predicted octanol–water partition coefficient (Wildman–Crippen LogP) is 5.32. The van der Waals surface area contributed by atoms with Gasteiger partial charge in [0.25, 0.3) is 0 Å². The Labute approximate surface area is 168 Å². The topological polar surface area (TPSA) is 24.5 Å². The molecule has 1 N–H and O–H groups in total. The summed E-state index contributed by atoms with van der Waals surface area (Å²) in [5, 5.41) is 7.41. The Morgan fingerprint density at radius 2 is 1.85 bits per heavy atom. The van der Waals surface area contributed by atoms with Crippen molar-refractivity contribution >= 4 is 34.5 Å². The Kier molecular flexibility index (Phi) is 7.98. The van der Waals surface area contributed by atoms with E-state index in [-0.39, 0.29) is 24.2 Å². The fraction of sp³-hybridized carbons (Fsp3) is 0.300. The molecule has 146 valence electrons. The minimum atomic E-state index is -2.84. The molecule has 1 heterocycles. The van der Waals surface area contributed by atoms with Crippen LogP contribution in [-0.2, 0) is 6.54 Å². The molecule has 0 amide bonds. The van der Waals surface area contributed by atoms with Crippen LogP contribution in [0.5, 0.6) is 5.75 Å². The number of nitrogens with zero attached hydrogens (tertiary/aromatic N) is 1. The number of halogens is 3. The van der Waals surface area contributed by atoms with Crippen molar-refractivity contribution < 1.29 is 13.5 Å². The van der Waals surface area contributed by atoms with Crippen molar-refractivity contribution in [3.63, 3.8) is 0 Å². The monoisotopic (exact) mass is 412 g/mol. The third kappa shape index (κ3) is 5.39. The van der Waals surface area contributed by atoms with Crippen LogP contribution in [0.4, 0.5) is 8.78 Å². The van der Waals surface area contributed by atoms with Gasteiger partial charge in [-0.05, 0) is 42.4 Å². The normalized spacial score (nSPS) is 12.4. The first-order valence-electron chi connectivity index (χ1n) is 8.42. The van der Waals surface area contributed by atoms with E-state index in [0.29, 0.717) is 13.1 Å². The summed E-state index contributed by atoms with van der Waals surface area (Å²) in [6.07, 6.45) is 0. The highest BCUT2D eigenvalue weighted by atomic mass is 35.5. The quantitative estimate of drug-likeness (QED) is 0.542. The standard InChI is InChI=1S/C20H22F2N2OS.ClH/c1-24(2)17(19-8-5-11-26-19)13-23-12-16-15-7-4-3-6-14(15)9-10-18(16)25-20(21)22;/h3-11,17,20,23H,12-13H2,1-2H3;1H. The fourth-order valence-corrected chi connectivity index (χ4v) is 3.98. The lowest BCUT2D eigenvalue weighted by Gasteiger charge is -2.24. The molecule has 0 spiro atoms. The van der Waals surface area contributed by atoms with Crippen molar-refractivity contribution in [3.8, 4) is 5.75 Å². The maximum atomic E-state index is 12.8. The molecule has 2 aromatic carbocycles. The Hall–Kier alpha value is -1.73. The number of likely N-dealkylation sites (N-methyl/N-ethyl adjacent to an activating group) is 1. The lowest BCUT2D eigenvalue weighted by atomic mass is 10.0. The number of ether oxygens (including phenoxy) is 1. The summed E-state index contributed by atoms with van der Waals surface area (Å²) in [5.74, 6) is 0.226. The predicted molar refractivity (Wildman–Crippen MR) is 110 cm³/mol. The number of rotatable bonds is 8. The number of benzene rings is 2. The van der Waals surface area contributed by atoms with E-state index in [1.807, 2.05) is 50.5 Å². The van der Waals surface area contributed by atoms with E-state index in [1.165, 1.54) is 4.88 Å². The minimum Gasteiger partial charge on any atom is -0.434 e. The van der Waals surface area contributed by atoms with Gasteiger partial charge in [0, 0.05) is 23.5 Å². The molecule has 1 aromatic heterocycles. The number of hydrogen-bond acceptors (Lipinski definition) is 4. The van der Waals surface area contributed by atoms with E-state index in [2.05, 4.69) is 21.7 Å². The average Bonchev–Trinajstić information content (AvgIpc) is 3.13. The van der Waals surface area contributed by atoms with Crippen LogP contribution in [0.2, 0.25) is 0 Å². The Balaban J connectivity index is 0.00000261. The highest BCUT2D eigenvalue weighted by Gasteiger charge is 2.17. The highest BCUT2D eigenvalue weighted by molar-refractivity contribution is 7.10. The molecule has 0 fully saturated rings. The second-order valence-electron chi connectivity index (χ2n) is 6.27. The van der Waals surface area contributed by atoms with Crippen molar-refractivity contribution in [2.24, 2.45) is 0 Å². The second kappa shape index (κ2) is 9.99. The van der Waals surface area contributed by atoms with Gasteiger partial charge in [-0.25, -0.2) is 0 Å². The number of fused-ring (bicyclic) bond motifs is 1. The molecule has 0 aliphatic heterocycles. The van der Waals surface area contributed by atoms with Gasteiger partial charge in [0.2, 0.25) is 0 Å². The average molecular weight is 413 g/mol. The molecule has 1 atom stereocenters. The van der Waals surface area contributed by atoms with Crippen molar-refractivity contribution in [1.82, 2.24) is 10.2 Å². The first kappa shape index (κ1) is 21.6. The third-order valence-electron chi connectivity index (χ3n) is 4.35. The van der Waals surface area contributed by atoms with Gasteiger partial charge in [0.15, 0.2) is 0 Å². The summed E-state index contributed by atoms with van der Waals surface area (Å²) in [4.78, 5) is 3.42. The van der Waals surface area contributed by atoms with Gasteiger partial charge in [0.1, 0.15) is 5.75 Å². The van der Waals surface area contributed by atoms with Crippen LogP contribution in [-0.4, -0.2) is 32.2 Å². The molecular formula is C20H23ClF2N2OS. The highest BCUT2D eigenvalue weighted by Crippen LogP contribution is 2.29. The number of alkyl halides is 2. The van der Waals surface area contributed by atoms with Crippen molar-refractivity contribution in [2.75, 3.05) is 20.6 Å². The van der Waals surface area contributed by atoms with Crippen molar-refractivity contribution in [2.45, 2.75) is 19.2 Å². The second-order valence-corrected chi connectivity index (χ2v) is 7.25.